The van der Waals surface area contributed by atoms with Crippen molar-refractivity contribution in [2.24, 2.45) is 0 Å². The Morgan fingerprint density at radius 2 is 1.96 bits per heavy atom. The molecule has 0 saturated carbocycles. The SMILES string of the molecule is Cc1ccc([C@H](c2sc3ncnn3c2O)[NH+]2CCC(O)CC2)cc1. The van der Waals surface area contributed by atoms with E-state index in [1.165, 1.54) is 38.2 Å². The zero-order chi connectivity index (χ0) is 16.7. The largest absolute Gasteiger partial charge is 0.492 e. The molecule has 1 aliphatic heterocycles. The van der Waals surface area contributed by atoms with E-state index in [2.05, 4.69) is 41.3 Å². The van der Waals surface area contributed by atoms with Crippen LogP contribution in [0, 0.1) is 6.92 Å². The van der Waals surface area contributed by atoms with Crippen molar-refractivity contribution in [1.82, 2.24) is 14.6 Å². The molecular formula is C17H21N4O2S+. The van der Waals surface area contributed by atoms with Gasteiger partial charge in [0.1, 0.15) is 11.2 Å². The lowest BCUT2D eigenvalue weighted by Crippen LogP contribution is -3.13. The van der Waals surface area contributed by atoms with Crippen LogP contribution in [0.2, 0.25) is 0 Å². The van der Waals surface area contributed by atoms with E-state index in [0.717, 1.165) is 30.8 Å². The van der Waals surface area contributed by atoms with E-state index in [0.29, 0.717) is 4.96 Å². The van der Waals surface area contributed by atoms with Crippen LogP contribution >= 0.6 is 11.3 Å². The maximum absolute atomic E-state index is 10.7. The van der Waals surface area contributed by atoms with Crippen LogP contribution in [0.1, 0.15) is 34.9 Å². The Hall–Kier alpha value is -1.96. The summed E-state index contributed by atoms with van der Waals surface area (Å²) in [6.07, 6.45) is 2.84. The van der Waals surface area contributed by atoms with Crippen LogP contribution in [0.4, 0.5) is 0 Å². The highest BCUT2D eigenvalue weighted by molar-refractivity contribution is 7.17. The maximum Gasteiger partial charge on any atom is 0.235 e. The Morgan fingerprint density at radius 3 is 2.62 bits per heavy atom. The second-order valence-corrected chi connectivity index (χ2v) is 7.49. The first-order valence-corrected chi connectivity index (χ1v) is 9.05. The Kier molecular flexibility index (Phi) is 3.99. The molecule has 1 atom stereocenters. The molecule has 24 heavy (non-hydrogen) atoms. The standard InChI is InChI=1S/C17H20N4O2S/c1-11-2-4-12(5-3-11)14(20-8-6-13(22)7-9-20)15-16(23)21-17(24-15)18-10-19-21/h2-5,10,13-14,22-23H,6-9H2,1H3/p+1/t14-/m1/s1. The summed E-state index contributed by atoms with van der Waals surface area (Å²) >= 11 is 1.49. The molecule has 1 aromatic carbocycles. The fraction of sp³-hybridized carbons (Fsp3) is 0.412. The number of hydrogen-bond acceptors (Lipinski definition) is 5. The molecule has 1 fully saturated rings. The second-order valence-electron chi connectivity index (χ2n) is 6.48. The van der Waals surface area contributed by atoms with Crippen LogP contribution in [0.3, 0.4) is 0 Å². The molecule has 7 heteroatoms. The molecule has 3 heterocycles. The zero-order valence-electron chi connectivity index (χ0n) is 13.5. The summed E-state index contributed by atoms with van der Waals surface area (Å²) in [6.45, 7) is 3.84. The third-order valence-electron chi connectivity index (χ3n) is 4.82. The smallest absolute Gasteiger partial charge is 0.235 e. The molecule has 2 aromatic heterocycles. The van der Waals surface area contributed by atoms with Gasteiger partial charge in [-0.1, -0.05) is 41.2 Å². The normalized spacial score (nSPS) is 22.8. The van der Waals surface area contributed by atoms with Gasteiger partial charge < -0.3 is 15.1 Å². The van der Waals surface area contributed by atoms with Crippen LogP contribution in [-0.2, 0) is 0 Å². The van der Waals surface area contributed by atoms with Gasteiger partial charge in [0.2, 0.25) is 10.8 Å². The molecule has 126 valence electrons. The average Bonchev–Trinajstić information content (AvgIpc) is 3.15. The number of fused-ring (bicyclic) bond motifs is 1. The third kappa shape index (κ3) is 2.68. The first-order chi connectivity index (χ1) is 11.6. The fourth-order valence-electron chi connectivity index (χ4n) is 3.48. The molecule has 0 radical (unpaired) electrons. The summed E-state index contributed by atoms with van der Waals surface area (Å²) in [6, 6.07) is 8.51. The number of aromatic nitrogens is 3. The van der Waals surface area contributed by atoms with Gasteiger partial charge >= 0.3 is 0 Å². The molecule has 3 aromatic rings. The Labute approximate surface area is 144 Å². The number of aromatic hydroxyl groups is 1. The summed E-state index contributed by atoms with van der Waals surface area (Å²) in [7, 11) is 0. The summed E-state index contributed by atoms with van der Waals surface area (Å²) in [4.78, 5) is 7.17. The van der Waals surface area contributed by atoms with Crippen molar-refractivity contribution in [3.8, 4) is 5.88 Å². The van der Waals surface area contributed by atoms with Crippen molar-refractivity contribution in [2.75, 3.05) is 13.1 Å². The van der Waals surface area contributed by atoms with Gasteiger partial charge in [-0.3, -0.25) is 0 Å². The lowest BCUT2D eigenvalue weighted by molar-refractivity contribution is -0.931. The van der Waals surface area contributed by atoms with Gasteiger partial charge in [0.05, 0.1) is 19.2 Å². The predicted octanol–water partition coefficient (Wildman–Crippen LogP) is 0.934. The second kappa shape index (κ2) is 6.16. The fourth-order valence-corrected chi connectivity index (χ4v) is 4.59. The molecule has 6 nitrogen and oxygen atoms in total. The van der Waals surface area contributed by atoms with E-state index >= 15 is 0 Å². The van der Waals surface area contributed by atoms with E-state index in [1.807, 2.05) is 0 Å². The zero-order valence-corrected chi connectivity index (χ0v) is 14.3. The number of nitrogens with one attached hydrogen (secondary N) is 1. The van der Waals surface area contributed by atoms with Gasteiger partial charge in [-0.2, -0.15) is 9.61 Å². The Balaban J connectivity index is 1.78. The highest BCUT2D eigenvalue weighted by Crippen LogP contribution is 2.34. The number of likely N-dealkylation sites (tertiary alicyclic amines) is 1. The van der Waals surface area contributed by atoms with Gasteiger partial charge in [0.25, 0.3) is 0 Å². The van der Waals surface area contributed by atoms with Crippen molar-refractivity contribution in [3.05, 3.63) is 46.6 Å². The van der Waals surface area contributed by atoms with Crippen LogP contribution in [0.25, 0.3) is 4.96 Å². The molecular weight excluding hydrogens is 324 g/mol. The molecule has 0 bridgehead atoms. The molecule has 1 saturated heterocycles. The summed E-state index contributed by atoms with van der Waals surface area (Å²) in [5.41, 5.74) is 2.39. The first kappa shape index (κ1) is 15.6. The van der Waals surface area contributed by atoms with Gasteiger partial charge in [0, 0.05) is 18.4 Å². The molecule has 1 aliphatic rings. The quantitative estimate of drug-likeness (QED) is 0.660. The van der Waals surface area contributed by atoms with E-state index in [-0.39, 0.29) is 18.0 Å². The van der Waals surface area contributed by atoms with Crippen LogP contribution in [0.15, 0.2) is 30.6 Å². The molecule has 3 N–H and O–H groups in total. The van der Waals surface area contributed by atoms with Gasteiger partial charge in [-0.15, -0.1) is 0 Å². The molecule has 0 unspecified atom stereocenters. The minimum atomic E-state index is -0.205. The number of aliphatic hydroxyl groups is 1. The van der Waals surface area contributed by atoms with E-state index in [1.54, 1.807) is 0 Å². The van der Waals surface area contributed by atoms with Crippen LogP contribution in [-0.4, -0.2) is 44.0 Å². The third-order valence-corrected chi connectivity index (χ3v) is 5.92. The van der Waals surface area contributed by atoms with Crippen molar-refractivity contribution in [1.29, 1.82) is 0 Å². The minimum Gasteiger partial charge on any atom is -0.492 e. The molecule has 0 spiro atoms. The Morgan fingerprint density at radius 1 is 1.25 bits per heavy atom. The lowest BCUT2D eigenvalue weighted by atomic mass is 9.98. The number of rotatable bonds is 3. The van der Waals surface area contributed by atoms with E-state index < -0.39 is 0 Å². The van der Waals surface area contributed by atoms with Crippen LogP contribution in [0.5, 0.6) is 5.88 Å². The summed E-state index contributed by atoms with van der Waals surface area (Å²) in [5, 5.41) is 24.6. The van der Waals surface area contributed by atoms with E-state index in [9.17, 15) is 10.2 Å². The summed E-state index contributed by atoms with van der Waals surface area (Å²) < 4.78 is 1.50. The first-order valence-electron chi connectivity index (χ1n) is 8.24. The van der Waals surface area contributed by atoms with Crippen molar-refractivity contribution in [3.63, 3.8) is 0 Å². The number of nitrogens with zero attached hydrogens (tertiary/aromatic N) is 3. The van der Waals surface area contributed by atoms with E-state index in [4.69, 9.17) is 0 Å². The van der Waals surface area contributed by atoms with Crippen molar-refractivity contribution >= 4 is 16.3 Å². The predicted molar refractivity (Wildman–Crippen MR) is 91.5 cm³/mol. The monoisotopic (exact) mass is 345 g/mol. The highest BCUT2D eigenvalue weighted by atomic mass is 32.1. The number of hydrogen-bond donors (Lipinski definition) is 3. The van der Waals surface area contributed by atoms with Crippen molar-refractivity contribution in [2.45, 2.75) is 31.9 Å². The van der Waals surface area contributed by atoms with Gasteiger partial charge in [-0.05, 0) is 6.92 Å². The van der Waals surface area contributed by atoms with Crippen molar-refractivity contribution < 1.29 is 15.1 Å². The van der Waals surface area contributed by atoms with Gasteiger partial charge in [0.15, 0.2) is 6.04 Å². The molecule has 4 rings (SSSR count). The number of benzene rings is 1. The highest BCUT2D eigenvalue weighted by Gasteiger charge is 2.34. The number of quaternary nitrogens is 1. The maximum atomic E-state index is 10.7. The summed E-state index contributed by atoms with van der Waals surface area (Å²) in [5.74, 6) is 0.177. The number of piperidine rings is 1. The number of thiazole rings is 1. The molecule has 0 amide bonds. The Bertz CT molecular complexity index is 834. The topological polar surface area (TPSA) is 75.1 Å². The van der Waals surface area contributed by atoms with Crippen LogP contribution < -0.4 is 4.90 Å². The number of aryl methyl sites for hydroxylation is 1. The van der Waals surface area contributed by atoms with Gasteiger partial charge in [-0.25, -0.2) is 4.98 Å². The average molecular weight is 345 g/mol. The molecule has 0 aliphatic carbocycles. The minimum absolute atomic E-state index is 0.0339. The lowest BCUT2D eigenvalue weighted by Gasteiger charge is -2.33. The number of aliphatic hydroxyl groups excluding tert-OH is 1.